The zero-order chi connectivity index (χ0) is 14.9. The first-order valence-electron chi connectivity index (χ1n) is 6.70. The molecule has 6 nitrogen and oxygen atoms in total. The Morgan fingerprint density at radius 3 is 2.50 bits per heavy atom. The molecule has 0 saturated carbocycles. The molecule has 108 valence electrons. The number of piperazine rings is 1. The van der Waals surface area contributed by atoms with E-state index in [4.69, 9.17) is 0 Å². The van der Waals surface area contributed by atoms with Gasteiger partial charge in [0.15, 0.2) is 0 Å². The van der Waals surface area contributed by atoms with Crippen LogP contribution >= 0.6 is 0 Å². The number of nitrogens with one attached hydrogen (secondary N) is 1. The molecule has 1 aromatic carbocycles. The summed E-state index contributed by atoms with van der Waals surface area (Å²) in [5.41, 5.74) is 0.933. The number of rotatable bonds is 2. The van der Waals surface area contributed by atoms with Crippen molar-refractivity contribution in [1.82, 2.24) is 10.2 Å². The number of amides is 1. The zero-order valence-electron chi connectivity index (χ0n) is 11.9. The molecular formula is C14H19N3O3. The topological polar surface area (TPSA) is 75.5 Å². The van der Waals surface area contributed by atoms with Crippen molar-refractivity contribution in [3.8, 4) is 0 Å². The van der Waals surface area contributed by atoms with Crippen LogP contribution in [0.15, 0.2) is 18.2 Å². The molecule has 1 heterocycles. The van der Waals surface area contributed by atoms with Crippen molar-refractivity contribution in [3.05, 3.63) is 39.4 Å². The summed E-state index contributed by atoms with van der Waals surface area (Å²) in [4.78, 5) is 24.9. The van der Waals surface area contributed by atoms with Crippen molar-refractivity contribution >= 4 is 11.6 Å². The van der Waals surface area contributed by atoms with Crippen molar-refractivity contribution in [1.29, 1.82) is 0 Å². The summed E-state index contributed by atoms with van der Waals surface area (Å²) >= 11 is 0. The second kappa shape index (κ2) is 5.58. The third kappa shape index (κ3) is 2.65. The summed E-state index contributed by atoms with van der Waals surface area (Å²) in [6.45, 7) is 7.10. The van der Waals surface area contributed by atoms with E-state index in [9.17, 15) is 14.9 Å². The first-order chi connectivity index (χ1) is 9.41. The molecule has 0 spiro atoms. The molecule has 1 N–H and O–H groups in total. The predicted molar refractivity (Wildman–Crippen MR) is 75.8 cm³/mol. The summed E-state index contributed by atoms with van der Waals surface area (Å²) in [5.74, 6) is -0.144. The van der Waals surface area contributed by atoms with Crippen molar-refractivity contribution in [2.75, 3.05) is 13.1 Å². The fraction of sp³-hybridized carbons (Fsp3) is 0.500. The van der Waals surface area contributed by atoms with E-state index in [1.54, 1.807) is 24.0 Å². The lowest BCUT2D eigenvalue weighted by Gasteiger charge is -2.39. The maximum atomic E-state index is 12.6. The van der Waals surface area contributed by atoms with Crippen LogP contribution in [0.25, 0.3) is 0 Å². The van der Waals surface area contributed by atoms with Gasteiger partial charge in [0, 0.05) is 42.4 Å². The molecule has 1 saturated heterocycles. The molecule has 20 heavy (non-hydrogen) atoms. The minimum Gasteiger partial charge on any atom is -0.331 e. The van der Waals surface area contributed by atoms with Crippen LogP contribution in [0.1, 0.15) is 29.8 Å². The number of aryl methyl sites for hydroxylation is 1. The molecule has 1 aromatic rings. The fourth-order valence-corrected chi connectivity index (χ4v) is 2.62. The third-order valence-electron chi connectivity index (χ3n) is 3.72. The summed E-state index contributed by atoms with van der Waals surface area (Å²) in [7, 11) is 0. The van der Waals surface area contributed by atoms with Crippen molar-refractivity contribution in [3.63, 3.8) is 0 Å². The third-order valence-corrected chi connectivity index (χ3v) is 3.72. The highest BCUT2D eigenvalue weighted by Gasteiger charge is 2.30. The van der Waals surface area contributed by atoms with Gasteiger partial charge in [-0.1, -0.05) is 6.07 Å². The smallest absolute Gasteiger partial charge is 0.273 e. The summed E-state index contributed by atoms with van der Waals surface area (Å²) in [5, 5.41) is 14.2. The van der Waals surface area contributed by atoms with E-state index in [0.29, 0.717) is 11.1 Å². The average molecular weight is 277 g/mol. The van der Waals surface area contributed by atoms with E-state index < -0.39 is 4.92 Å². The quantitative estimate of drug-likeness (QED) is 0.659. The molecular weight excluding hydrogens is 258 g/mol. The zero-order valence-corrected chi connectivity index (χ0v) is 11.9. The summed E-state index contributed by atoms with van der Waals surface area (Å²) in [6.07, 6.45) is 0. The standard InChI is InChI=1S/C14H19N3O3/c1-9-4-5-12(6-13(9)17(19)20)14(18)16-10(2)7-15-8-11(16)3/h4-6,10-11,15H,7-8H2,1-3H3. The van der Waals surface area contributed by atoms with Gasteiger partial charge < -0.3 is 10.2 Å². The first kappa shape index (κ1) is 14.5. The average Bonchev–Trinajstić information content (AvgIpc) is 2.38. The minimum absolute atomic E-state index is 0.00806. The Hall–Kier alpha value is -1.95. The molecule has 2 rings (SSSR count). The highest BCUT2D eigenvalue weighted by atomic mass is 16.6. The second-order valence-corrected chi connectivity index (χ2v) is 5.33. The van der Waals surface area contributed by atoms with Gasteiger partial charge in [-0.25, -0.2) is 0 Å². The first-order valence-corrected chi connectivity index (χ1v) is 6.70. The van der Waals surface area contributed by atoms with Gasteiger partial charge in [-0.05, 0) is 26.8 Å². The van der Waals surface area contributed by atoms with Crippen molar-refractivity contribution in [2.24, 2.45) is 0 Å². The Labute approximate surface area is 117 Å². The predicted octanol–water partition coefficient (Wildman–Crippen LogP) is 1.73. The Balaban J connectivity index is 2.33. The number of hydrogen-bond acceptors (Lipinski definition) is 4. The Morgan fingerprint density at radius 1 is 1.35 bits per heavy atom. The number of nitrogens with zero attached hydrogens (tertiary/aromatic N) is 2. The summed E-state index contributed by atoms with van der Waals surface area (Å²) in [6, 6.07) is 4.81. The molecule has 0 radical (unpaired) electrons. The van der Waals surface area contributed by atoms with Gasteiger partial charge in [-0.15, -0.1) is 0 Å². The maximum Gasteiger partial charge on any atom is 0.273 e. The molecule has 1 aliphatic rings. The van der Waals surface area contributed by atoms with Gasteiger partial charge in [0.05, 0.1) is 4.92 Å². The number of benzene rings is 1. The van der Waals surface area contributed by atoms with Crippen LogP contribution in [0.5, 0.6) is 0 Å². The molecule has 1 amide bonds. The maximum absolute atomic E-state index is 12.6. The molecule has 6 heteroatoms. The fourth-order valence-electron chi connectivity index (χ4n) is 2.62. The van der Waals surface area contributed by atoms with Gasteiger partial charge >= 0.3 is 0 Å². The lowest BCUT2D eigenvalue weighted by molar-refractivity contribution is -0.385. The van der Waals surface area contributed by atoms with Crippen LogP contribution in [-0.4, -0.2) is 40.9 Å². The van der Waals surface area contributed by atoms with E-state index >= 15 is 0 Å². The highest BCUT2D eigenvalue weighted by Crippen LogP contribution is 2.22. The van der Waals surface area contributed by atoms with Crippen molar-refractivity contribution in [2.45, 2.75) is 32.9 Å². The lowest BCUT2D eigenvalue weighted by atomic mass is 10.0. The molecule has 2 atom stereocenters. The minimum atomic E-state index is -0.448. The van der Waals surface area contributed by atoms with Gasteiger partial charge in [-0.2, -0.15) is 0 Å². The van der Waals surface area contributed by atoms with E-state index in [2.05, 4.69) is 5.32 Å². The highest BCUT2D eigenvalue weighted by molar-refractivity contribution is 5.95. The molecule has 1 aliphatic heterocycles. The lowest BCUT2D eigenvalue weighted by Crippen LogP contribution is -2.57. The number of nitro benzene ring substituents is 1. The molecule has 2 unspecified atom stereocenters. The summed E-state index contributed by atoms with van der Waals surface area (Å²) < 4.78 is 0. The van der Waals surface area contributed by atoms with Crippen LogP contribution in [-0.2, 0) is 0 Å². The normalized spacial score (nSPS) is 22.6. The molecule has 1 fully saturated rings. The molecule has 0 bridgehead atoms. The number of nitro groups is 1. The van der Waals surface area contributed by atoms with Gasteiger partial charge in [0.25, 0.3) is 11.6 Å². The monoisotopic (exact) mass is 277 g/mol. The number of carbonyl (C=O) groups excluding carboxylic acids is 1. The van der Waals surface area contributed by atoms with Crippen LogP contribution < -0.4 is 5.32 Å². The van der Waals surface area contributed by atoms with Gasteiger partial charge in [0.1, 0.15) is 0 Å². The van der Waals surface area contributed by atoms with Crippen LogP contribution in [0.2, 0.25) is 0 Å². The largest absolute Gasteiger partial charge is 0.331 e. The van der Waals surface area contributed by atoms with Crippen LogP contribution in [0, 0.1) is 17.0 Å². The van der Waals surface area contributed by atoms with E-state index in [0.717, 1.165) is 13.1 Å². The van der Waals surface area contributed by atoms with Crippen molar-refractivity contribution < 1.29 is 9.72 Å². The second-order valence-electron chi connectivity index (χ2n) is 5.33. The number of hydrogen-bond donors (Lipinski definition) is 1. The van der Waals surface area contributed by atoms with Gasteiger partial charge in [-0.3, -0.25) is 14.9 Å². The van der Waals surface area contributed by atoms with E-state index in [1.807, 2.05) is 13.8 Å². The Morgan fingerprint density at radius 2 is 1.95 bits per heavy atom. The SMILES string of the molecule is Cc1ccc(C(=O)N2C(C)CNCC2C)cc1[N+](=O)[O-]. The molecule has 0 aliphatic carbocycles. The van der Waals surface area contributed by atoms with E-state index in [1.165, 1.54) is 6.07 Å². The Bertz CT molecular complexity index is 534. The van der Waals surface area contributed by atoms with Crippen LogP contribution in [0.3, 0.4) is 0 Å². The van der Waals surface area contributed by atoms with Gasteiger partial charge in [0.2, 0.25) is 0 Å². The molecule has 0 aromatic heterocycles. The van der Waals surface area contributed by atoms with Crippen LogP contribution in [0.4, 0.5) is 5.69 Å². The Kier molecular flexibility index (Phi) is 4.04. The van der Waals surface area contributed by atoms with E-state index in [-0.39, 0.29) is 23.7 Å². The number of carbonyl (C=O) groups is 1.